The Kier molecular flexibility index (Phi) is 4.44. The van der Waals surface area contributed by atoms with E-state index in [1.807, 2.05) is 0 Å². The van der Waals surface area contributed by atoms with E-state index in [9.17, 15) is 23.4 Å². The number of aromatic nitrogens is 1. The summed E-state index contributed by atoms with van der Waals surface area (Å²) in [6.07, 6.45) is -6.35. The molecule has 0 saturated carbocycles. The number of nitrogens with zero attached hydrogens (tertiary/aromatic N) is 1. The maximum Gasteiger partial charge on any atom is 0.433 e. The van der Waals surface area contributed by atoms with E-state index < -0.39 is 24.1 Å². The second kappa shape index (κ2) is 5.44. The van der Waals surface area contributed by atoms with Crippen molar-refractivity contribution in [2.75, 3.05) is 6.61 Å². The highest BCUT2D eigenvalue weighted by Crippen LogP contribution is 2.28. The molecule has 4 nitrogen and oxygen atoms in total. The zero-order valence-electron chi connectivity index (χ0n) is 8.72. The Morgan fingerprint density at radius 2 is 1.88 bits per heavy atom. The van der Waals surface area contributed by atoms with Gasteiger partial charge in [0.15, 0.2) is 0 Å². The smallest absolute Gasteiger partial charge is 0.396 e. The minimum absolute atomic E-state index is 0.0673. The molecule has 0 spiro atoms. The van der Waals surface area contributed by atoms with E-state index in [0.29, 0.717) is 0 Å². The third-order valence-corrected chi connectivity index (χ3v) is 2.21. The van der Waals surface area contributed by atoms with E-state index in [4.69, 9.17) is 5.11 Å². The number of aliphatic hydroxyl groups excluding tert-OH is 3. The first kappa shape index (κ1) is 13.9. The van der Waals surface area contributed by atoms with Gasteiger partial charge in [0, 0.05) is 18.4 Å². The topological polar surface area (TPSA) is 73.6 Å². The van der Waals surface area contributed by atoms with Crippen molar-refractivity contribution >= 4 is 0 Å². The summed E-state index contributed by atoms with van der Waals surface area (Å²) in [7, 11) is 0. The SMILES string of the molecule is OCCC(O)C(O)c1ccc(C(F)(F)F)nc1. The predicted octanol–water partition coefficient (Wildman–Crippen LogP) is 0.877. The van der Waals surface area contributed by atoms with E-state index in [0.717, 1.165) is 18.3 Å². The molecule has 0 fully saturated rings. The molecule has 0 aliphatic rings. The van der Waals surface area contributed by atoms with Crippen molar-refractivity contribution in [1.29, 1.82) is 0 Å². The van der Waals surface area contributed by atoms with Gasteiger partial charge < -0.3 is 15.3 Å². The monoisotopic (exact) mass is 251 g/mol. The molecule has 2 atom stereocenters. The summed E-state index contributed by atoms with van der Waals surface area (Å²) in [6.45, 7) is -0.327. The Bertz CT molecular complexity index is 353. The third-order valence-electron chi connectivity index (χ3n) is 2.21. The van der Waals surface area contributed by atoms with Crippen molar-refractivity contribution in [2.24, 2.45) is 0 Å². The van der Waals surface area contributed by atoms with Crippen LogP contribution in [-0.2, 0) is 6.18 Å². The number of aliphatic hydroxyl groups is 3. The zero-order chi connectivity index (χ0) is 13.1. The molecule has 0 bridgehead atoms. The molecular formula is C10H12F3NO3. The van der Waals surface area contributed by atoms with Gasteiger partial charge in [-0.3, -0.25) is 4.98 Å². The maximum atomic E-state index is 12.2. The molecule has 0 aliphatic heterocycles. The first-order valence-electron chi connectivity index (χ1n) is 4.86. The number of hydrogen-bond acceptors (Lipinski definition) is 4. The van der Waals surface area contributed by atoms with Gasteiger partial charge in [-0.05, 0) is 12.5 Å². The van der Waals surface area contributed by atoms with Crippen molar-refractivity contribution in [1.82, 2.24) is 4.98 Å². The summed E-state index contributed by atoms with van der Waals surface area (Å²) in [5.74, 6) is 0. The molecule has 1 heterocycles. The Balaban J connectivity index is 2.80. The molecule has 2 unspecified atom stereocenters. The summed E-state index contributed by atoms with van der Waals surface area (Å²) < 4.78 is 36.6. The quantitative estimate of drug-likeness (QED) is 0.742. The normalized spacial score (nSPS) is 15.6. The van der Waals surface area contributed by atoms with E-state index in [-0.39, 0.29) is 18.6 Å². The summed E-state index contributed by atoms with van der Waals surface area (Å²) in [5, 5.41) is 27.4. The van der Waals surface area contributed by atoms with Crippen LogP contribution in [0.15, 0.2) is 18.3 Å². The lowest BCUT2D eigenvalue weighted by atomic mass is 10.0. The minimum atomic E-state index is -4.53. The molecule has 1 rings (SSSR count). The fourth-order valence-electron chi connectivity index (χ4n) is 1.26. The molecule has 96 valence electrons. The molecule has 0 aromatic carbocycles. The van der Waals surface area contributed by atoms with Crippen molar-refractivity contribution in [2.45, 2.75) is 24.8 Å². The summed E-state index contributed by atoms with van der Waals surface area (Å²) in [6, 6.07) is 1.77. The number of alkyl halides is 3. The molecule has 17 heavy (non-hydrogen) atoms. The van der Waals surface area contributed by atoms with Gasteiger partial charge >= 0.3 is 6.18 Å². The Hall–Kier alpha value is -1.18. The minimum Gasteiger partial charge on any atom is -0.396 e. The molecule has 7 heteroatoms. The zero-order valence-corrected chi connectivity index (χ0v) is 8.72. The lowest BCUT2D eigenvalue weighted by Gasteiger charge is -2.17. The average molecular weight is 251 g/mol. The molecule has 0 saturated heterocycles. The lowest BCUT2D eigenvalue weighted by Crippen LogP contribution is -2.20. The van der Waals surface area contributed by atoms with Gasteiger partial charge in [-0.2, -0.15) is 13.2 Å². The van der Waals surface area contributed by atoms with Crippen LogP contribution in [0.3, 0.4) is 0 Å². The van der Waals surface area contributed by atoms with Crippen LogP contribution < -0.4 is 0 Å². The molecule has 0 amide bonds. The van der Waals surface area contributed by atoms with Gasteiger partial charge in [0.1, 0.15) is 11.8 Å². The fourth-order valence-corrected chi connectivity index (χ4v) is 1.26. The van der Waals surface area contributed by atoms with Gasteiger partial charge in [0.05, 0.1) is 6.10 Å². The number of halogens is 3. The van der Waals surface area contributed by atoms with Crippen molar-refractivity contribution in [3.05, 3.63) is 29.6 Å². The Morgan fingerprint density at radius 3 is 2.29 bits per heavy atom. The molecular weight excluding hydrogens is 239 g/mol. The van der Waals surface area contributed by atoms with Crippen LogP contribution >= 0.6 is 0 Å². The molecule has 0 aliphatic carbocycles. The van der Waals surface area contributed by atoms with Crippen molar-refractivity contribution in [3.63, 3.8) is 0 Å². The first-order chi connectivity index (χ1) is 7.86. The lowest BCUT2D eigenvalue weighted by molar-refractivity contribution is -0.141. The Labute approximate surface area is 95.4 Å². The highest BCUT2D eigenvalue weighted by Gasteiger charge is 2.32. The first-order valence-corrected chi connectivity index (χ1v) is 4.86. The maximum absolute atomic E-state index is 12.2. The van der Waals surface area contributed by atoms with Gasteiger partial charge in [0.2, 0.25) is 0 Å². The second-order valence-corrected chi connectivity index (χ2v) is 3.50. The highest BCUT2D eigenvalue weighted by molar-refractivity contribution is 5.18. The van der Waals surface area contributed by atoms with E-state index in [1.165, 1.54) is 0 Å². The van der Waals surface area contributed by atoms with Crippen molar-refractivity contribution in [3.8, 4) is 0 Å². The van der Waals surface area contributed by atoms with Crippen LogP contribution in [-0.4, -0.2) is 33.0 Å². The summed E-state index contributed by atoms with van der Waals surface area (Å²) in [4.78, 5) is 3.15. The van der Waals surface area contributed by atoms with Crippen LogP contribution in [0, 0.1) is 0 Å². The molecule has 3 N–H and O–H groups in total. The molecule has 1 aromatic rings. The predicted molar refractivity (Wildman–Crippen MR) is 51.9 cm³/mol. The highest BCUT2D eigenvalue weighted by atomic mass is 19.4. The van der Waals surface area contributed by atoms with Crippen LogP contribution in [0.1, 0.15) is 23.8 Å². The molecule has 1 aromatic heterocycles. The van der Waals surface area contributed by atoms with Crippen LogP contribution in [0.25, 0.3) is 0 Å². The second-order valence-electron chi connectivity index (χ2n) is 3.50. The van der Waals surface area contributed by atoms with Crippen LogP contribution in [0.2, 0.25) is 0 Å². The van der Waals surface area contributed by atoms with Gasteiger partial charge in [-0.15, -0.1) is 0 Å². The number of rotatable bonds is 4. The standard InChI is InChI=1S/C10H12F3NO3/c11-10(12,13)8-2-1-6(5-14-8)9(17)7(16)3-4-15/h1-2,5,7,9,15-17H,3-4H2. The van der Waals surface area contributed by atoms with E-state index in [1.54, 1.807) is 0 Å². The largest absolute Gasteiger partial charge is 0.433 e. The number of pyridine rings is 1. The summed E-state index contributed by atoms with van der Waals surface area (Å²) in [5.41, 5.74) is -0.996. The van der Waals surface area contributed by atoms with Gasteiger partial charge in [-0.25, -0.2) is 0 Å². The van der Waals surface area contributed by atoms with Gasteiger partial charge in [0.25, 0.3) is 0 Å². The fraction of sp³-hybridized carbons (Fsp3) is 0.500. The van der Waals surface area contributed by atoms with Crippen molar-refractivity contribution < 1.29 is 28.5 Å². The summed E-state index contributed by atoms with van der Waals surface area (Å²) >= 11 is 0. The average Bonchev–Trinajstić information content (AvgIpc) is 2.27. The van der Waals surface area contributed by atoms with E-state index >= 15 is 0 Å². The van der Waals surface area contributed by atoms with Crippen LogP contribution in [0.4, 0.5) is 13.2 Å². The Morgan fingerprint density at radius 1 is 1.24 bits per heavy atom. The van der Waals surface area contributed by atoms with E-state index in [2.05, 4.69) is 4.98 Å². The number of hydrogen-bond donors (Lipinski definition) is 3. The van der Waals surface area contributed by atoms with Crippen LogP contribution in [0.5, 0.6) is 0 Å². The molecule has 0 radical (unpaired) electrons. The third kappa shape index (κ3) is 3.65. The van der Waals surface area contributed by atoms with Gasteiger partial charge in [-0.1, -0.05) is 6.07 Å².